The van der Waals surface area contributed by atoms with Crippen molar-refractivity contribution < 1.29 is 9.53 Å². The van der Waals surface area contributed by atoms with Gasteiger partial charge in [0, 0.05) is 13.7 Å². The lowest BCUT2D eigenvalue weighted by Crippen LogP contribution is -2.54. The van der Waals surface area contributed by atoms with E-state index in [2.05, 4.69) is 10.6 Å². The predicted octanol–water partition coefficient (Wildman–Crippen LogP) is 1.84. The van der Waals surface area contributed by atoms with Crippen LogP contribution in [0.5, 0.6) is 0 Å². The van der Waals surface area contributed by atoms with E-state index in [1.807, 2.05) is 0 Å². The second-order valence-electron chi connectivity index (χ2n) is 6.00. The average Bonchev–Trinajstić information content (AvgIpc) is 2.49. The van der Waals surface area contributed by atoms with Gasteiger partial charge in [0.1, 0.15) is 5.60 Å². The van der Waals surface area contributed by atoms with Gasteiger partial charge in [-0.1, -0.05) is 32.1 Å². The summed E-state index contributed by atoms with van der Waals surface area (Å²) in [5, 5.41) is 6.38. The average molecular weight is 268 g/mol. The lowest BCUT2D eigenvalue weighted by atomic mass is 9.87. The minimum atomic E-state index is -0.586. The van der Waals surface area contributed by atoms with Crippen LogP contribution in [0.15, 0.2) is 0 Å². The SMILES string of the molecule is COC1(C(=O)NCCC2CCCCC2)CCNCC1. The normalized spacial score (nSPS) is 24.1. The summed E-state index contributed by atoms with van der Waals surface area (Å²) >= 11 is 0. The van der Waals surface area contributed by atoms with Gasteiger partial charge in [0.25, 0.3) is 5.91 Å². The molecular weight excluding hydrogens is 240 g/mol. The minimum absolute atomic E-state index is 0.0901. The summed E-state index contributed by atoms with van der Waals surface area (Å²) in [6.45, 7) is 2.54. The van der Waals surface area contributed by atoms with Gasteiger partial charge in [0.05, 0.1) is 0 Å². The fraction of sp³-hybridized carbons (Fsp3) is 0.933. The van der Waals surface area contributed by atoms with Crippen LogP contribution in [-0.4, -0.2) is 38.3 Å². The standard InChI is InChI=1S/C15H28N2O2/c1-19-15(8-11-16-12-9-15)14(18)17-10-7-13-5-3-2-4-6-13/h13,16H,2-12H2,1H3,(H,17,18). The van der Waals surface area contributed by atoms with Crippen LogP contribution in [0, 0.1) is 5.92 Å². The summed E-state index contributed by atoms with van der Waals surface area (Å²) in [4.78, 5) is 12.3. The highest BCUT2D eigenvalue weighted by molar-refractivity contribution is 5.85. The third kappa shape index (κ3) is 3.93. The number of hydrogen-bond donors (Lipinski definition) is 2. The molecular formula is C15H28N2O2. The van der Waals surface area contributed by atoms with E-state index in [1.165, 1.54) is 32.1 Å². The molecule has 1 aliphatic carbocycles. The van der Waals surface area contributed by atoms with Crippen molar-refractivity contribution in [3.63, 3.8) is 0 Å². The van der Waals surface area contributed by atoms with Crippen molar-refractivity contribution >= 4 is 5.91 Å². The molecule has 2 aliphatic rings. The highest BCUT2D eigenvalue weighted by Gasteiger charge is 2.39. The van der Waals surface area contributed by atoms with E-state index in [9.17, 15) is 4.79 Å². The maximum atomic E-state index is 12.3. The van der Waals surface area contributed by atoms with Crippen LogP contribution in [0.2, 0.25) is 0 Å². The van der Waals surface area contributed by atoms with E-state index in [1.54, 1.807) is 7.11 Å². The van der Waals surface area contributed by atoms with Crippen LogP contribution in [0.25, 0.3) is 0 Å². The molecule has 1 saturated carbocycles. The van der Waals surface area contributed by atoms with E-state index in [4.69, 9.17) is 4.74 Å². The molecule has 2 rings (SSSR count). The Bertz CT molecular complexity index is 282. The molecule has 2 fully saturated rings. The Labute approximate surface area is 116 Å². The number of carbonyl (C=O) groups excluding carboxylic acids is 1. The summed E-state index contributed by atoms with van der Waals surface area (Å²) in [6.07, 6.45) is 9.49. The van der Waals surface area contributed by atoms with Crippen molar-refractivity contribution in [3.8, 4) is 0 Å². The van der Waals surface area contributed by atoms with Crippen molar-refractivity contribution in [3.05, 3.63) is 0 Å². The number of amides is 1. The zero-order valence-corrected chi connectivity index (χ0v) is 12.2. The Kier molecular flexibility index (Phi) is 5.64. The molecule has 19 heavy (non-hydrogen) atoms. The zero-order chi connectivity index (χ0) is 13.6. The van der Waals surface area contributed by atoms with Crippen molar-refractivity contribution in [2.24, 2.45) is 5.92 Å². The van der Waals surface area contributed by atoms with Crippen LogP contribution >= 0.6 is 0 Å². The van der Waals surface area contributed by atoms with Crippen LogP contribution in [0.4, 0.5) is 0 Å². The van der Waals surface area contributed by atoms with Gasteiger partial charge in [-0.25, -0.2) is 0 Å². The molecule has 1 aliphatic heterocycles. The van der Waals surface area contributed by atoms with Crippen LogP contribution in [0.3, 0.4) is 0 Å². The molecule has 0 unspecified atom stereocenters. The summed E-state index contributed by atoms with van der Waals surface area (Å²) in [7, 11) is 1.66. The van der Waals surface area contributed by atoms with Gasteiger partial charge in [-0.15, -0.1) is 0 Å². The Hall–Kier alpha value is -0.610. The van der Waals surface area contributed by atoms with Gasteiger partial charge in [-0.05, 0) is 38.3 Å². The predicted molar refractivity (Wildman–Crippen MR) is 76.0 cm³/mol. The Morgan fingerprint density at radius 2 is 1.95 bits per heavy atom. The molecule has 0 radical (unpaired) electrons. The number of ether oxygens (including phenoxy) is 1. The molecule has 1 heterocycles. The molecule has 4 heteroatoms. The lowest BCUT2D eigenvalue weighted by Gasteiger charge is -2.35. The van der Waals surface area contributed by atoms with Crippen LogP contribution in [0.1, 0.15) is 51.4 Å². The summed E-state index contributed by atoms with van der Waals surface area (Å²) in [5.74, 6) is 0.910. The maximum Gasteiger partial charge on any atom is 0.252 e. The van der Waals surface area contributed by atoms with Crippen molar-refractivity contribution in [1.29, 1.82) is 0 Å². The van der Waals surface area contributed by atoms with Crippen LogP contribution in [-0.2, 0) is 9.53 Å². The highest BCUT2D eigenvalue weighted by atomic mass is 16.5. The van der Waals surface area contributed by atoms with Crippen molar-refractivity contribution in [2.75, 3.05) is 26.7 Å². The molecule has 110 valence electrons. The monoisotopic (exact) mass is 268 g/mol. The topological polar surface area (TPSA) is 50.4 Å². The Balaban J connectivity index is 1.73. The second kappa shape index (κ2) is 7.25. The van der Waals surface area contributed by atoms with Gasteiger partial charge in [-0.2, -0.15) is 0 Å². The quantitative estimate of drug-likeness (QED) is 0.800. The fourth-order valence-corrected chi connectivity index (χ4v) is 3.38. The molecule has 2 N–H and O–H groups in total. The number of piperidine rings is 1. The number of carbonyl (C=O) groups is 1. The fourth-order valence-electron chi connectivity index (χ4n) is 3.38. The molecule has 0 spiro atoms. The first-order chi connectivity index (χ1) is 9.27. The molecule has 4 nitrogen and oxygen atoms in total. The van der Waals surface area contributed by atoms with E-state index >= 15 is 0 Å². The molecule has 0 aromatic heterocycles. The van der Waals surface area contributed by atoms with Gasteiger partial charge in [-0.3, -0.25) is 4.79 Å². The van der Waals surface area contributed by atoms with E-state index in [-0.39, 0.29) is 5.91 Å². The Morgan fingerprint density at radius 3 is 2.58 bits per heavy atom. The maximum absolute atomic E-state index is 12.3. The third-order valence-corrected chi connectivity index (χ3v) is 4.78. The first-order valence-corrected chi connectivity index (χ1v) is 7.81. The first-order valence-electron chi connectivity index (χ1n) is 7.81. The molecule has 1 saturated heterocycles. The van der Waals surface area contributed by atoms with Gasteiger partial charge in [0.15, 0.2) is 0 Å². The molecule has 0 atom stereocenters. The zero-order valence-electron chi connectivity index (χ0n) is 12.2. The number of nitrogens with one attached hydrogen (secondary N) is 2. The van der Waals surface area contributed by atoms with Gasteiger partial charge in [0.2, 0.25) is 0 Å². The molecule has 0 aromatic carbocycles. The van der Waals surface area contributed by atoms with Gasteiger partial charge >= 0.3 is 0 Å². The smallest absolute Gasteiger partial charge is 0.252 e. The first kappa shape index (κ1) is 14.8. The molecule has 0 aromatic rings. The Morgan fingerprint density at radius 1 is 1.26 bits per heavy atom. The summed E-state index contributed by atoms with van der Waals surface area (Å²) in [5.41, 5.74) is -0.586. The van der Waals surface area contributed by atoms with E-state index < -0.39 is 5.60 Å². The highest BCUT2D eigenvalue weighted by Crippen LogP contribution is 2.26. The van der Waals surface area contributed by atoms with Crippen molar-refractivity contribution in [2.45, 2.75) is 57.0 Å². The van der Waals surface area contributed by atoms with Crippen LogP contribution < -0.4 is 10.6 Å². The number of hydrogen-bond acceptors (Lipinski definition) is 3. The molecule has 0 bridgehead atoms. The van der Waals surface area contributed by atoms with Gasteiger partial charge < -0.3 is 15.4 Å². The molecule has 1 amide bonds. The second-order valence-corrected chi connectivity index (χ2v) is 6.00. The number of methoxy groups -OCH3 is 1. The third-order valence-electron chi connectivity index (χ3n) is 4.78. The lowest BCUT2D eigenvalue weighted by molar-refractivity contribution is -0.146. The largest absolute Gasteiger partial charge is 0.368 e. The van der Waals surface area contributed by atoms with E-state index in [0.29, 0.717) is 0 Å². The summed E-state index contributed by atoms with van der Waals surface area (Å²) < 4.78 is 5.53. The van der Waals surface area contributed by atoms with E-state index in [0.717, 1.165) is 44.8 Å². The van der Waals surface area contributed by atoms with Crippen molar-refractivity contribution in [1.82, 2.24) is 10.6 Å². The summed E-state index contributed by atoms with van der Waals surface area (Å²) in [6, 6.07) is 0. The minimum Gasteiger partial charge on any atom is -0.368 e. The number of rotatable bonds is 5.